The van der Waals surface area contributed by atoms with E-state index in [0.29, 0.717) is 25.9 Å². The Morgan fingerprint density at radius 1 is 1.42 bits per heavy atom. The third kappa shape index (κ3) is 5.44. The van der Waals surface area contributed by atoms with Gasteiger partial charge in [-0.05, 0) is 31.2 Å². The van der Waals surface area contributed by atoms with E-state index in [1.165, 1.54) is 30.0 Å². The lowest BCUT2D eigenvalue weighted by Crippen LogP contribution is -2.45. The van der Waals surface area contributed by atoms with Crippen molar-refractivity contribution < 1.29 is 13.2 Å². The van der Waals surface area contributed by atoms with Crippen molar-refractivity contribution in [2.75, 3.05) is 21.6 Å². The van der Waals surface area contributed by atoms with Crippen LogP contribution in [-0.2, 0) is 14.8 Å². The second kappa shape index (κ2) is 8.85. The van der Waals surface area contributed by atoms with Crippen LogP contribution in [0.25, 0.3) is 0 Å². The van der Waals surface area contributed by atoms with Crippen LogP contribution in [0.15, 0.2) is 41.3 Å². The number of nitrogens with zero attached hydrogens (tertiary/aromatic N) is 3. The van der Waals surface area contributed by atoms with Crippen LogP contribution in [0.2, 0.25) is 5.02 Å². The summed E-state index contributed by atoms with van der Waals surface area (Å²) in [6, 6.07) is 5.23. The summed E-state index contributed by atoms with van der Waals surface area (Å²) < 4.78 is 26.1. The van der Waals surface area contributed by atoms with E-state index in [0.717, 1.165) is 10.6 Å². The average Bonchev–Trinajstić information content (AvgIpc) is 3.01. The number of sulfonamides is 1. The molecule has 0 radical (unpaired) electrons. The van der Waals surface area contributed by atoms with Crippen molar-refractivity contribution in [3.8, 4) is 0 Å². The highest BCUT2D eigenvalue weighted by Crippen LogP contribution is 2.27. The third-order valence-electron chi connectivity index (χ3n) is 3.13. The summed E-state index contributed by atoms with van der Waals surface area (Å²) in [7, 11) is -3.69. The first kappa shape index (κ1) is 20.7. The maximum Gasteiger partial charge on any atom is 0.249 e. The van der Waals surface area contributed by atoms with Gasteiger partial charge in [-0.25, -0.2) is 8.42 Å². The summed E-state index contributed by atoms with van der Waals surface area (Å²) in [5.74, 6) is 0.166. The zero-order chi connectivity index (χ0) is 19.3. The topological polar surface area (TPSA) is 92.3 Å². The second-order valence-corrected chi connectivity index (χ2v) is 9.71. The molecule has 0 aliphatic heterocycles. The van der Waals surface area contributed by atoms with Gasteiger partial charge < -0.3 is 0 Å². The molecule has 0 saturated carbocycles. The molecule has 2 aromatic rings. The fourth-order valence-corrected chi connectivity index (χ4v) is 4.87. The SMILES string of the molecule is C=CCSc1nnc(NC(=O)C(C)N(c2ccc(Cl)cc2)S(C)(=O)=O)s1. The number of carbonyl (C=O) groups excluding carboxylic acids is 1. The molecule has 0 aliphatic carbocycles. The lowest BCUT2D eigenvalue weighted by molar-refractivity contribution is -0.116. The zero-order valence-corrected chi connectivity index (χ0v) is 17.3. The van der Waals surface area contributed by atoms with Gasteiger partial charge in [-0.15, -0.1) is 16.8 Å². The Balaban J connectivity index is 2.18. The minimum absolute atomic E-state index is 0.304. The minimum atomic E-state index is -3.69. The van der Waals surface area contributed by atoms with Crippen molar-refractivity contribution >= 4 is 61.4 Å². The predicted octanol–water partition coefficient (Wildman–Crippen LogP) is 3.26. The Bertz CT molecular complexity index is 884. The van der Waals surface area contributed by atoms with Gasteiger partial charge in [0.15, 0.2) is 4.34 Å². The molecular weight excluding hydrogens is 416 g/mol. The van der Waals surface area contributed by atoms with Gasteiger partial charge in [-0.1, -0.05) is 40.8 Å². The number of carbonyl (C=O) groups is 1. The number of benzene rings is 1. The lowest BCUT2D eigenvalue weighted by Gasteiger charge is -2.27. The first-order valence-corrected chi connectivity index (χ1v) is 11.4. The van der Waals surface area contributed by atoms with E-state index in [9.17, 15) is 13.2 Å². The summed E-state index contributed by atoms with van der Waals surface area (Å²) in [6.07, 6.45) is 2.78. The molecule has 0 spiro atoms. The number of nitrogens with one attached hydrogen (secondary N) is 1. The van der Waals surface area contributed by atoms with Crippen molar-refractivity contribution in [3.05, 3.63) is 41.9 Å². The zero-order valence-electron chi connectivity index (χ0n) is 14.0. The van der Waals surface area contributed by atoms with Crippen molar-refractivity contribution in [2.24, 2.45) is 0 Å². The molecule has 140 valence electrons. The van der Waals surface area contributed by atoms with Crippen LogP contribution in [0.5, 0.6) is 0 Å². The van der Waals surface area contributed by atoms with Crippen LogP contribution in [-0.4, -0.2) is 42.6 Å². The minimum Gasteiger partial charge on any atom is -0.299 e. The number of amides is 1. The van der Waals surface area contributed by atoms with E-state index in [1.807, 2.05) is 0 Å². The normalized spacial score (nSPS) is 12.4. The molecule has 1 atom stereocenters. The van der Waals surface area contributed by atoms with Gasteiger partial charge in [0, 0.05) is 10.8 Å². The van der Waals surface area contributed by atoms with Crippen molar-refractivity contribution in [1.29, 1.82) is 0 Å². The average molecular weight is 433 g/mol. The molecule has 1 aromatic heterocycles. The Labute approximate surface area is 165 Å². The predicted molar refractivity (Wildman–Crippen MR) is 108 cm³/mol. The number of anilines is 2. The molecule has 11 heteroatoms. The van der Waals surface area contributed by atoms with Crippen LogP contribution < -0.4 is 9.62 Å². The molecule has 1 unspecified atom stereocenters. The lowest BCUT2D eigenvalue weighted by atomic mass is 10.2. The maximum atomic E-state index is 12.5. The van der Waals surface area contributed by atoms with Crippen molar-refractivity contribution in [1.82, 2.24) is 10.2 Å². The summed E-state index contributed by atoms with van der Waals surface area (Å²) in [6.45, 7) is 5.13. The first-order chi connectivity index (χ1) is 12.2. The van der Waals surface area contributed by atoms with Crippen molar-refractivity contribution in [2.45, 2.75) is 17.3 Å². The molecular formula is C15H17ClN4O3S3. The highest BCUT2D eigenvalue weighted by atomic mass is 35.5. The second-order valence-electron chi connectivity index (χ2n) is 5.17. The van der Waals surface area contributed by atoms with Crippen LogP contribution in [0.1, 0.15) is 6.92 Å². The quantitative estimate of drug-likeness (QED) is 0.391. The van der Waals surface area contributed by atoms with E-state index < -0.39 is 22.0 Å². The fraction of sp³-hybridized carbons (Fsp3) is 0.267. The van der Waals surface area contributed by atoms with Gasteiger partial charge in [-0.3, -0.25) is 14.4 Å². The van der Waals surface area contributed by atoms with Crippen LogP contribution in [0, 0.1) is 0 Å². The number of hydrogen-bond acceptors (Lipinski definition) is 7. The Hall–Kier alpha value is -1.62. The van der Waals surface area contributed by atoms with Crippen LogP contribution >= 0.6 is 34.7 Å². The summed E-state index contributed by atoms with van der Waals surface area (Å²) in [4.78, 5) is 12.5. The summed E-state index contributed by atoms with van der Waals surface area (Å²) in [5.41, 5.74) is 0.346. The van der Waals surface area contributed by atoms with E-state index in [1.54, 1.807) is 30.3 Å². The molecule has 1 amide bonds. The van der Waals surface area contributed by atoms with Gasteiger partial charge in [0.05, 0.1) is 11.9 Å². The summed E-state index contributed by atoms with van der Waals surface area (Å²) in [5, 5.41) is 11.2. The monoisotopic (exact) mass is 432 g/mol. The number of aromatic nitrogens is 2. The van der Waals surface area contributed by atoms with Crippen LogP contribution in [0.4, 0.5) is 10.8 Å². The maximum absolute atomic E-state index is 12.5. The molecule has 0 aliphatic rings. The standard InChI is InChI=1S/C15H17ClN4O3S3/c1-4-9-24-15-19-18-14(25-15)17-13(21)10(2)20(26(3,22)23)12-7-5-11(16)6-8-12/h4-8,10H,1,9H2,2-3H3,(H,17,18,21). The molecule has 1 aromatic carbocycles. The molecule has 7 nitrogen and oxygen atoms in total. The molecule has 0 bridgehead atoms. The van der Waals surface area contributed by atoms with E-state index in [4.69, 9.17) is 11.6 Å². The van der Waals surface area contributed by atoms with Gasteiger partial charge >= 0.3 is 0 Å². The molecule has 0 saturated heterocycles. The highest BCUT2D eigenvalue weighted by molar-refractivity contribution is 8.01. The molecule has 0 fully saturated rings. The Kier molecular flexibility index (Phi) is 7.04. The molecule has 1 N–H and O–H groups in total. The number of rotatable bonds is 8. The van der Waals surface area contributed by atoms with E-state index >= 15 is 0 Å². The fourth-order valence-electron chi connectivity index (χ4n) is 2.06. The van der Waals surface area contributed by atoms with E-state index in [-0.39, 0.29) is 0 Å². The van der Waals surface area contributed by atoms with Crippen molar-refractivity contribution in [3.63, 3.8) is 0 Å². The molecule has 1 heterocycles. The Morgan fingerprint density at radius 3 is 2.65 bits per heavy atom. The smallest absolute Gasteiger partial charge is 0.249 e. The molecule has 26 heavy (non-hydrogen) atoms. The van der Waals surface area contributed by atoms with Gasteiger partial charge in [0.1, 0.15) is 6.04 Å². The van der Waals surface area contributed by atoms with E-state index in [2.05, 4.69) is 22.1 Å². The Morgan fingerprint density at radius 2 is 2.08 bits per heavy atom. The molecule has 2 rings (SSSR count). The van der Waals surface area contributed by atoms with Crippen LogP contribution in [0.3, 0.4) is 0 Å². The summed E-state index contributed by atoms with van der Waals surface area (Å²) >= 11 is 8.50. The number of halogens is 1. The van der Waals surface area contributed by atoms with Gasteiger partial charge in [0.25, 0.3) is 0 Å². The first-order valence-electron chi connectivity index (χ1n) is 7.35. The highest BCUT2D eigenvalue weighted by Gasteiger charge is 2.29. The number of hydrogen-bond donors (Lipinski definition) is 1. The van der Waals surface area contributed by atoms with Gasteiger partial charge in [-0.2, -0.15) is 0 Å². The van der Waals surface area contributed by atoms with Gasteiger partial charge in [0.2, 0.25) is 21.1 Å². The third-order valence-corrected chi connectivity index (χ3v) is 6.59. The number of thioether (sulfide) groups is 1. The largest absolute Gasteiger partial charge is 0.299 e.